The summed E-state index contributed by atoms with van der Waals surface area (Å²) in [4.78, 5) is 0. The van der Waals surface area contributed by atoms with Gasteiger partial charge in [0.25, 0.3) is 0 Å². The minimum Gasteiger partial charge on any atom is -0.347 e. The first-order chi connectivity index (χ1) is 9.36. The average molecular weight is 256 g/mol. The molecule has 3 rings (SSSR count). The molecular formula is C17H24N2. The van der Waals surface area contributed by atoms with Gasteiger partial charge in [0.1, 0.15) is 0 Å². The molecule has 1 heterocycles. The topological polar surface area (TPSA) is 17.0 Å². The van der Waals surface area contributed by atoms with Crippen molar-refractivity contribution in [1.82, 2.24) is 9.88 Å². The molecule has 1 saturated carbocycles. The molecule has 1 aromatic heterocycles. The number of hydrogen-bond acceptors (Lipinski definition) is 1. The SMILES string of the molecule is CNCCCc1ccc2c(ccn2CC2CCC2)c1. The third-order valence-electron chi connectivity index (χ3n) is 4.41. The van der Waals surface area contributed by atoms with Gasteiger partial charge in [-0.2, -0.15) is 0 Å². The second-order valence-electron chi connectivity index (χ2n) is 5.87. The molecule has 1 aliphatic carbocycles. The first-order valence-corrected chi connectivity index (χ1v) is 7.59. The van der Waals surface area contributed by atoms with Crippen LogP contribution in [0, 0.1) is 5.92 Å². The molecule has 0 spiro atoms. The molecule has 102 valence electrons. The van der Waals surface area contributed by atoms with Crippen molar-refractivity contribution in [3.05, 3.63) is 36.0 Å². The summed E-state index contributed by atoms with van der Waals surface area (Å²) in [5.74, 6) is 0.922. The molecular weight excluding hydrogens is 232 g/mol. The van der Waals surface area contributed by atoms with E-state index in [-0.39, 0.29) is 0 Å². The second kappa shape index (κ2) is 5.79. The maximum absolute atomic E-state index is 3.21. The van der Waals surface area contributed by atoms with Crippen LogP contribution in [0.25, 0.3) is 10.9 Å². The fraction of sp³-hybridized carbons (Fsp3) is 0.529. The van der Waals surface area contributed by atoms with Crippen LogP contribution in [0.5, 0.6) is 0 Å². The van der Waals surface area contributed by atoms with Crippen LogP contribution in [0.4, 0.5) is 0 Å². The first-order valence-electron chi connectivity index (χ1n) is 7.59. The lowest BCUT2D eigenvalue weighted by Crippen LogP contribution is -2.17. The standard InChI is InChI=1S/C17H24N2/c1-18-10-3-6-14-7-8-17-16(12-14)9-11-19(17)13-15-4-2-5-15/h7-9,11-12,15,18H,2-6,10,13H2,1H3. The Hall–Kier alpha value is -1.28. The zero-order valence-corrected chi connectivity index (χ0v) is 11.9. The fourth-order valence-electron chi connectivity index (χ4n) is 2.99. The molecule has 1 aromatic carbocycles. The first kappa shape index (κ1) is 12.7. The van der Waals surface area contributed by atoms with Crippen molar-refractivity contribution in [2.75, 3.05) is 13.6 Å². The molecule has 0 saturated heterocycles. The van der Waals surface area contributed by atoms with Crippen LogP contribution in [0.3, 0.4) is 0 Å². The Morgan fingerprint density at radius 2 is 2.16 bits per heavy atom. The molecule has 0 amide bonds. The number of rotatable bonds is 6. The zero-order chi connectivity index (χ0) is 13.1. The van der Waals surface area contributed by atoms with Crippen molar-refractivity contribution < 1.29 is 0 Å². The van der Waals surface area contributed by atoms with Crippen molar-refractivity contribution >= 4 is 10.9 Å². The van der Waals surface area contributed by atoms with Crippen LogP contribution in [0.1, 0.15) is 31.2 Å². The van der Waals surface area contributed by atoms with Gasteiger partial charge in [-0.15, -0.1) is 0 Å². The summed E-state index contributed by atoms with van der Waals surface area (Å²) in [6.07, 6.45) is 8.92. The van der Waals surface area contributed by atoms with Crippen molar-refractivity contribution in [2.24, 2.45) is 5.92 Å². The maximum Gasteiger partial charge on any atom is 0.0480 e. The van der Waals surface area contributed by atoms with E-state index in [1.54, 1.807) is 0 Å². The van der Waals surface area contributed by atoms with E-state index >= 15 is 0 Å². The Morgan fingerprint density at radius 3 is 2.89 bits per heavy atom. The largest absolute Gasteiger partial charge is 0.347 e. The Kier molecular flexibility index (Phi) is 3.88. The van der Waals surface area contributed by atoms with Gasteiger partial charge >= 0.3 is 0 Å². The van der Waals surface area contributed by atoms with E-state index in [0.717, 1.165) is 12.5 Å². The van der Waals surface area contributed by atoms with Crippen LogP contribution in [0.15, 0.2) is 30.5 Å². The van der Waals surface area contributed by atoms with E-state index in [0.29, 0.717) is 0 Å². The summed E-state index contributed by atoms with van der Waals surface area (Å²) in [6.45, 7) is 2.31. The minimum absolute atomic E-state index is 0.922. The van der Waals surface area contributed by atoms with Crippen LogP contribution in [-0.4, -0.2) is 18.2 Å². The highest BCUT2D eigenvalue weighted by Crippen LogP contribution is 2.29. The average Bonchev–Trinajstić information content (AvgIpc) is 2.77. The van der Waals surface area contributed by atoms with Gasteiger partial charge < -0.3 is 9.88 Å². The van der Waals surface area contributed by atoms with Gasteiger partial charge in [-0.25, -0.2) is 0 Å². The van der Waals surface area contributed by atoms with Crippen molar-refractivity contribution in [3.63, 3.8) is 0 Å². The molecule has 1 N–H and O–H groups in total. The van der Waals surface area contributed by atoms with Gasteiger partial charge in [0.2, 0.25) is 0 Å². The number of nitrogens with zero attached hydrogens (tertiary/aromatic N) is 1. The number of aryl methyl sites for hydroxylation is 1. The minimum atomic E-state index is 0.922. The molecule has 0 atom stereocenters. The number of fused-ring (bicyclic) bond motifs is 1. The van der Waals surface area contributed by atoms with Crippen LogP contribution in [0.2, 0.25) is 0 Å². The fourth-order valence-corrected chi connectivity index (χ4v) is 2.99. The molecule has 19 heavy (non-hydrogen) atoms. The van der Waals surface area contributed by atoms with E-state index in [1.165, 1.54) is 55.1 Å². The third kappa shape index (κ3) is 2.84. The van der Waals surface area contributed by atoms with Crippen molar-refractivity contribution in [2.45, 2.75) is 38.6 Å². The summed E-state index contributed by atoms with van der Waals surface area (Å²) >= 11 is 0. The van der Waals surface area contributed by atoms with Gasteiger partial charge in [0.15, 0.2) is 0 Å². The third-order valence-corrected chi connectivity index (χ3v) is 4.41. The Morgan fingerprint density at radius 1 is 1.26 bits per heavy atom. The van der Waals surface area contributed by atoms with Gasteiger partial charge in [-0.3, -0.25) is 0 Å². The Balaban J connectivity index is 1.73. The monoisotopic (exact) mass is 256 g/mol. The Labute approximate surface area is 115 Å². The number of nitrogens with one attached hydrogen (secondary N) is 1. The lowest BCUT2D eigenvalue weighted by molar-refractivity contribution is 0.280. The highest BCUT2D eigenvalue weighted by molar-refractivity contribution is 5.80. The van der Waals surface area contributed by atoms with Crippen molar-refractivity contribution in [1.29, 1.82) is 0 Å². The summed E-state index contributed by atoms with van der Waals surface area (Å²) in [5, 5.41) is 4.61. The van der Waals surface area contributed by atoms with Gasteiger partial charge in [-0.05, 0) is 74.3 Å². The quantitative estimate of drug-likeness (QED) is 0.782. The van der Waals surface area contributed by atoms with Crippen LogP contribution in [-0.2, 0) is 13.0 Å². The van der Waals surface area contributed by atoms with Crippen molar-refractivity contribution in [3.8, 4) is 0 Å². The van der Waals surface area contributed by atoms with Gasteiger partial charge in [0, 0.05) is 18.3 Å². The second-order valence-corrected chi connectivity index (χ2v) is 5.87. The predicted molar refractivity (Wildman–Crippen MR) is 81.5 cm³/mol. The number of benzene rings is 1. The lowest BCUT2D eigenvalue weighted by atomic mass is 9.85. The summed E-state index contributed by atoms with van der Waals surface area (Å²) in [7, 11) is 2.02. The number of aromatic nitrogens is 1. The van der Waals surface area contributed by atoms with E-state index in [2.05, 4.69) is 40.3 Å². The molecule has 0 bridgehead atoms. The van der Waals surface area contributed by atoms with Crippen LogP contribution < -0.4 is 5.32 Å². The maximum atomic E-state index is 3.21. The molecule has 1 aliphatic rings. The molecule has 0 radical (unpaired) electrons. The zero-order valence-electron chi connectivity index (χ0n) is 11.9. The molecule has 1 fully saturated rings. The summed E-state index contributed by atoms with van der Waals surface area (Å²) in [6, 6.07) is 9.25. The highest BCUT2D eigenvalue weighted by atomic mass is 15.0. The highest BCUT2D eigenvalue weighted by Gasteiger charge is 2.18. The van der Waals surface area contributed by atoms with E-state index in [4.69, 9.17) is 0 Å². The summed E-state index contributed by atoms with van der Waals surface area (Å²) < 4.78 is 2.44. The van der Waals surface area contributed by atoms with Gasteiger partial charge in [0.05, 0.1) is 0 Å². The number of hydrogen-bond donors (Lipinski definition) is 1. The van der Waals surface area contributed by atoms with Gasteiger partial charge in [-0.1, -0.05) is 12.5 Å². The predicted octanol–water partition coefficient (Wildman–Crippen LogP) is 3.59. The van der Waals surface area contributed by atoms with Crippen LogP contribution >= 0.6 is 0 Å². The normalized spacial score (nSPS) is 15.8. The smallest absolute Gasteiger partial charge is 0.0480 e. The lowest BCUT2D eigenvalue weighted by Gasteiger charge is -2.26. The van der Waals surface area contributed by atoms with E-state index in [1.807, 2.05) is 7.05 Å². The molecule has 2 nitrogen and oxygen atoms in total. The van der Waals surface area contributed by atoms with E-state index in [9.17, 15) is 0 Å². The van der Waals surface area contributed by atoms with E-state index < -0.39 is 0 Å². The molecule has 2 aromatic rings. The molecule has 0 aliphatic heterocycles. The molecule has 2 heteroatoms. The Bertz CT molecular complexity index is 537. The summed E-state index contributed by atoms with van der Waals surface area (Å²) in [5.41, 5.74) is 2.87. The molecule has 0 unspecified atom stereocenters.